The summed E-state index contributed by atoms with van der Waals surface area (Å²) in [5.41, 5.74) is -0.364. The van der Waals surface area contributed by atoms with Crippen molar-refractivity contribution in [2.75, 3.05) is 12.4 Å². The maximum absolute atomic E-state index is 13.4. The van der Waals surface area contributed by atoms with Crippen LogP contribution in [-0.4, -0.2) is 29.7 Å². The van der Waals surface area contributed by atoms with Crippen LogP contribution in [0.25, 0.3) is 0 Å². The normalized spacial score (nSPS) is 22.3. The van der Waals surface area contributed by atoms with Gasteiger partial charge in [0.2, 0.25) is 17.7 Å². The summed E-state index contributed by atoms with van der Waals surface area (Å²) in [7, 11) is 1.28. The highest BCUT2D eigenvalue weighted by Crippen LogP contribution is 2.27. The fraction of sp³-hybridized carbons (Fsp3) is 0.308. The van der Waals surface area contributed by atoms with Gasteiger partial charge in [0.1, 0.15) is 5.92 Å². The molecule has 5 nitrogen and oxygen atoms in total. The molecule has 1 N–H and O–H groups in total. The Bertz CT molecular complexity index is 603. The first-order valence-electron chi connectivity index (χ1n) is 5.91. The van der Waals surface area contributed by atoms with Gasteiger partial charge in [0.25, 0.3) is 0 Å². The van der Waals surface area contributed by atoms with Crippen LogP contribution in [0.1, 0.15) is 6.92 Å². The van der Waals surface area contributed by atoms with Gasteiger partial charge >= 0.3 is 0 Å². The van der Waals surface area contributed by atoms with Gasteiger partial charge in [-0.3, -0.25) is 19.3 Å². The van der Waals surface area contributed by atoms with E-state index in [4.69, 9.17) is 0 Å². The van der Waals surface area contributed by atoms with Gasteiger partial charge in [-0.25, -0.2) is 8.78 Å². The van der Waals surface area contributed by atoms with Crippen molar-refractivity contribution in [3.8, 4) is 0 Å². The van der Waals surface area contributed by atoms with Crippen LogP contribution in [0.15, 0.2) is 18.2 Å². The van der Waals surface area contributed by atoms with E-state index in [1.165, 1.54) is 26.1 Å². The van der Waals surface area contributed by atoms with Crippen molar-refractivity contribution in [3.63, 3.8) is 0 Å². The minimum atomic E-state index is -1.23. The first kappa shape index (κ1) is 14.1. The number of imide groups is 1. The number of halogens is 2. The number of amides is 3. The number of hydrogen-bond donors (Lipinski definition) is 1. The third-order valence-corrected chi connectivity index (χ3v) is 3.31. The molecule has 1 fully saturated rings. The number of nitrogens with zero attached hydrogens (tertiary/aromatic N) is 1. The Balaban J connectivity index is 2.23. The molecule has 0 spiro atoms. The molecule has 2 atom stereocenters. The lowest BCUT2D eigenvalue weighted by molar-refractivity contribution is -0.138. The van der Waals surface area contributed by atoms with Crippen molar-refractivity contribution in [2.24, 2.45) is 11.8 Å². The summed E-state index contributed by atoms with van der Waals surface area (Å²) < 4.78 is 26.5. The molecule has 1 aliphatic heterocycles. The van der Waals surface area contributed by atoms with E-state index in [2.05, 4.69) is 5.32 Å². The molecule has 1 aromatic rings. The summed E-state index contributed by atoms with van der Waals surface area (Å²) in [5, 5.41) is 2.14. The molecular weight excluding hydrogens is 270 g/mol. The van der Waals surface area contributed by atoms with Gasteiger partial charge in [-0.15, -0.1) is 0 Å². The molecule has 1 saturated heterocycles. The topological polar surface area (TPSA) is 66.5 Å². The van der Waals surface area contributed by atoms with Crippen molar-refractivity contribution in [2.45, 2.75) is 6.92 Å². The average Bonchev–Trinajstić information content (AvgIpc) is 2.59. The molecule has 1 aliphatic rings. The Hall–Kier alpha value is -2.31. The fourth-order valence-electron chi connectivity index (χ4n) is 2.13. The second kappa shape index (κ2) is 4.99. The van der Waals surface area contributed by atoms with Gasteiger partial charge in [-0.05, 0) is 12.1 Å². The number of likely N-dealkylation sites (tertiary alicyclic amines) is 1. The predicted octanol–water partition coefficient (Wildman–Crippen LogP) is 1.15. The van der Waals surface area contributed by atoms with Crippen molar-refractivity contribution in [1.29, 1.82) is 0 Å². The molecule has 0 saturated carbocycles. The first-order chi connectivity index (χ1) is 9.34. The molecule has 0 bridgehead atoms. The van der Waals surface area contributed by atoms with Crippen LogP contribution >= 0.6 is 0 Å². The quantitative estimate of drug-likeness (QED) is 0.653. The highest BCUT2D eigenvalue weighted by molar-refractivity contribution is 6.17. The zero-order valence-corrected chi connectivity index (χ0v) is 10.8. The average molecular weight is 282 g/mol. The van der Waals surface area contributed by atoms with Gasteiger partial charge in [-0.2, -0.15) is 0 Å². The highest BCUT2D eigenvalue weighted by atomic mass is 19.2. The number of hydrogen-bond acceptors (Lipinski definition) is 3. The summed E-state index contributed by atoms with van der Waals surface area (Å²) in [4.78, 5) is 36.2. The van der Waals surface area contributed by atoms with Gasteiger partial charge in [0.15, 0.2) is 11.6 Å². The Morgan fingerprint density at radius 2 is 1.90 bits per heavy atom. The van der Waals surface area contributed by atoms with E-state index in [1.807, 2.05) is 0 Å². The molecule has 106 valence electrons. The number of benzene rings is 1. The lowest BCUT2D eigenvalue weighted by Crippen LogP contribution is -2.33. The van der Waals surface area contributed by atoms with E-state index >= 15 is 0 Å². The summed E-state index contributed by atoms with van der Waals surface area (Å²) in [6, 6.07) is 3.31. The van der Waals surface area contributed by atoms with Crippen LogP contribution in [0.2, 0.25) is 0 Å². The Morgan fingerprint density at radius 1 is 1.25 bits per heavy atom. The summed E-state index contributed by atoms with van der Waals surface area (Å²) >= 11 is 0. The van der Waals surface area contributed by atoms with E-state index in [-0.39, 0.29) is 5.69 Å². The van der Waals surface area contributed by atoms with E-state index in [9.17, 15) is 23.2 Å². The van der Waals surface area contributed by atoms with Crippen LogP contribution in [-0.2, 0) is 14.4 Å². The zero-order chi connectivity index (χ0) is 15.0. The van der Waals surface area contributed by atoms with Crippen molar-refractivity contribution in [1.82, 2.24) is 4.90 Å². The molecular formula is C13H12F2N2O3. The lowest BCUT2D eigenvalue weighted by atomic mass is 9.96. The molecule has 0 radical (unpaired) electrons. The third-order valence-electron chi connectivity index (χ3n) is 3.31. The number of carbonyl (C=O) groups is 3. The number of nitrogens with one attached hydrogen (secondary N) is 1. The van der Waals surface area contributed by atoms with Crippen LogP contribution in [0.3, 0.4) is 0 Å². The van der Waals surface area contributed by atoms with Crippen molar-refractivity contribution < 1.29 is 23.2 Å². The van der Waals surface area contributed by atoms with Gasteiger partial charge in [0, 0.05) is 7.05 Å². The second-order valence-corrected chi connectivity index (χ2v) is 4.59. The van der Waals surface area contributed by atoms with Crippen LogP contribution < -0.4 is 5.32 Å². The van der Waals surface area contributed by atoms with Crippen LogP contribution in [0.5, 0.6) is 0 Å². The number of rotatable bonds is 2. The van der Waals surface area contributed by atoms with E-state index in [0.29, 0.717) is 0 Å². The van der Waals surface area contributed by atoms with Crippen molar-refractivity contribution >= 4 is 23.4 Å². The Morgan fingerprint density at radius 3 is 2.45 bits per heavy atom. The molecule has 7 heteroatoms. The van der Waals surface area contributed by atoms with Gasteiger partial charge in [-0.1, -0.05) is 13.0 Å². The molecule has 2 rings (SSSR count). The molecule has 1 heterocycles. The number of carbonyl (C=O) groups excluding carboxylic acids is 3. The van der Waals surface area contributed by atoms with Crippen molar-refractivity contribution in [3.05, 3.63) is 29.8 Å². The van der Waals surface area contributed by atoms with E-state index in [0.717, 1.165) is 11.0 Å². The molecule has 2 unspecified atom stereocenters. The molecule has 3 amide bonds. The maximum atomic E-state index is 13.4. The van der Waals surface area contributed by atoms with Gasteiger partial charge in [0.05, 0.1) is 11.6 Å². The van der Waals surface area contributed by atoms with Crippen LogP contribution in [0.4, 0.5) is 14.5 Å². The van der Waals surface area contributed by atoms with Crippen LogP contribution in [0, 0.1) is 23.5 Å². The molecule has 0 aromatic heterocycles. The maximum Gasteiger partial charge on any atom is 0.242 e. The monoisotopic (exact) mass is 282 g/mol. The highest BCUT2D eigenvalue weighted by Gasteiger charge is 2.47. The minimum Gasteiger partial charge on any atom is -0.323 e. The zero-order valence-electron chi connectivity index (χ0n) is 10.8. The Kier molecular flexibility index (Phi) is 3.52. The SMILES string of the molecule is CC1C(=O)N(C)C(=O)C1C(=O)Nc1cccc(F)c1F. The Labute approximate surface area is 113 Å². The predicted molar refractivity (Wildman–Crippen MR) is 65.4 cm³/mol. The lowest BCUT2D eigenvalue weighted by Gasteiger charge is -2.12. The fourth-order valence-corrected chi connectivity index (χ4v) is 2.13. The van der Waals surface area contributed by atoms with Gasteiger partial charge < -0.3 is 5.32 Å². The summed E-state index contributed by atoms with van der Waals surface area (Å²) in [6.45, 7) is 1.44. The van der Waals surface area contributed by atoms with E-state index < -0.39 is 41.2 Å². The third kappa shape index (κ3) is 2.15. The second-order valence-electron chi connectivity index (χ2n) is 4.59. The smallest absolute Gasteiger partial charge is 0.242 e. The first-order valence-corrected chi connectivity index (χ1v) is 5.91. The molecule has 0 aliphatic carbocycles. The standard InChI is InChI=1S/C13H12F2N2O3/c1-6-9(13(20)17(2)12(6)19)11(18)16-8-5-3-4-7(14)10(8)15/h3-6,9H,1-2H3,(H,16,18). The minimum absolute atomic E-state index is 0.364. The largest absolute Gasteiger partial charge is 0.323 e. The van der Waals surface area contributed by atoms with E-state index in [1.54, 1.807) is 0 Å². The summed E-state index contributed by atoms with van der Waals surface area (Å²) in [5.74, 6) is -6.34. The summed E-state index contributed by atoms with van der Waals surface area (Å²) in [6.07, 6.45) is 0. The molecule has 20 heavy (non-hydrogen) atoms. The number of anilines is 1. The molecule has 1 aromatic carbocycles.